The van der Waals surface area contributed by atoms with Gasteiger partial charge in [0, 0.05) is 32.3 Å². The van der Waals surface area contributed by atoms with E-state index in [9.17, 15) is 4.79 Å². The molecule has 1 amide bonds. The highest BCUT2D eigenvalue weighted by Crippen LogP contribution is 2.26. The zero-order valence-corrected chi connectivity index (χ0v) is 12.1. The molecule has 1 rings (SSSR count). The van der Waals surface area contributed by atoms with Crippen LogP contribution in [0.3, 0.4) is 0 Å². The van der Waals surface area contributed by atoms with Crippen molar-refractivity contribution in [2.24, 2.45) is 0 Å². The normalized spacial score (nSPS) is 10.6. The molecular weight excluding hydrogens is 242 g/mol. The summed E-state index contributed by atoms with van der Waals surface area (Å²) in [6.45, 7) is 5.51. The fourth-order valence-electron chi connectivity index (χ4n) is 1.92. The quantitative estimate of drug-likeness (QED) is 0.765. The topological polar surface area (TPSA) is 67.6 Å². The van der Waals surface area contributed by atoms with E-state index in [-0.39, 0.29) is 11.9 Å². The summed E-state index contributed by atoms with van der Waals surface area (Å²) in [5.74, 6) is -0.114. The number of hydrogen-bond donors (Lipinski definition) is 2. The molecule has 19 heavy (non-hydrogen) atoms. The minimum Gasteiger partial charge on any atom is -0.397 e. The molecule has 0 aromatic heterocycles. The predicted octanol–water partition coefficient (Wildman–Crippen LogP) is 1.49. The number of carbonyl (C=O) groups excluding carboxylic acids is 1. The fraction of sp³-hybridized carbons (Fsp3) is 0.500. The van der Waals surface area contributed by atoms with Crippen LogP contribution in [0.1, 0.15) is 24.2 Å². The smallest absolute Gasteiger partial charge is 0.251 e. The minimum atomic E-state index is -0.114. The summed E-state index contributed by atoms with van der Waals surface area (Å²) in [7, 11) is 3.28. The molecule has 3 N–H and O–H groups in total. The SMILES string of the molecule is CNC(=O)c1ccc(N)c(N(CCOC)C(C)C)c1. The molecule has 0 spiro atoms. The van der Waals surface area contributed by atoms with Crippen LogP contribution in [-0.2, 0) is 4.74 Å². The van der Waals surface area contributed by atoms with Crippen molar-refractivity contribution < 1.29 is 9.53 Å². The van der Waals surface area contributed by atoms with Crippen LogP contribution < -0.4 is 16.0 Å². The van der Waals surface area contributed by atoms with E-state index in [2.05, 4.69) is 24.1 Å². The molecule has 1 aromatic carbocycles. The average Bonchev–Trinajstić information content (AvgIpc) is 2.39. The number of nitrogens with zero attached hydrogens (tertiary/aromatic N) is 1. The van der Waals surface area contributed by atoms with E-state index >= 15 is 0 Å². The Kier molecular flexibility index (Phi) is 5.63. The standard InChI is InChI=1S/C14H23N3O2/c1-10(2)17(7-8-19-4)13-9-11(14(18)16-3)5-6-12(13)15/h5-6,9-10H,7-8,15H2,1-4H3,(H,16,18). The van der Waals surface area contributed by atoms with Crippen LogP contribution >= 0.6 is 0 Å². The molecule has 5 heteroatoms. The molecule has 0 saturated carbocycles. The maximum atomic E-state index is 11.7. The van der Waals surface area contributed by atoms with Gasteiger partial charge >= 0.3 is 0 Å². The highest BCUT2D eigenvalue weighted by Gasteiger charge is 2.15. The van der Waals surface area contributed by atoms with E-state index in [4.69, 9.17) is 10.5 Å². The number of methoxy groups -OCH3 is 1. The van der Waals surface area contributed by atoms with E-state index in [1.807, 2.05) is 6.07 Å². The third-order valence-electron chi connectivity index (χ3n) is 2.99. The third kappa shape index (κ3) is 3.86. The minimum absolute atomic E-state index is 0.114. The van der Waals surface area contributed by atoms with Crippen LogP contribution in [0.2, 0.25) is 0 Å². The Morgan fingerprint density at radius 1 is 1.47 bits per heavy atom. The summed E-state index contributed by atoms with van der Waals surface area (Å²) in [5, 5.41) is 2.62. The van der Waals surface area contributed by atoms with Gasteiger partial charge in [0.25, 0.3) is 5.91 Å². The molecular formula is C14H23N3O2. The molecule has 0 bridgehead atoms. The predicted molar refractivity (Wildman–Crippen MR) is 78.6 cm³/mol. The monoisotopic (exact) mass is 265 g/mol. The van der Waals surface area contributed by atoms with Crippen molar-refractivity contribution in [3.8, 4) is 0 Å². The average molecular weight is 265 g/mol. The van der Waals surface area contributed by atoms with Crippen molar-refractivity contribution >= 4 is 17.3 Å². The summed E-state index contributed by atoms with van der Waals surface area (Å²) in [6.07, 6.45) is 0. The van der Waals surface area contributed by atoms with E-state index in [1.54, 1.807) is 26.3 Å². The fourth-order valence-corrected chi connectivity index (χ4v) is 1.92. The molecule has 0 aliphatic heterocycles. The molecule has 106 valence electrons. The number of benzene rings is 1. The van der Waals surface area contributed by atoms with Crippen molar-refractivity contribution in [1.29, 1.82) is 0 Å². The van der Waals surface area contributed by atoms with Crippen LogP contribution in [0.25, 0.3) is 0 Å². The van der Waals surface area contributed by atoms with Crippen molar-refractivity contribution in [2.45, 2.75) is 19.9 Å². The molecule has 5 nitrogen and oxygen atoms in total. The number of amides is 1. The lowest BCUT2D eigenvalue weighted by Crippen LogP contribution is -2.34. The highest BCUT2D eigenvalue weighted by atomic mass is 16.5. The van der Waals surface area contributed by atoms with Crippen LogP contribution in [0.4, 0.5) is 11.4 Å². The van der Waals surface area contributed by atoms with Crippen LogP contribution in [0, 0.1) is 0 Å². The third-order valence-corrected chi connectivity index (χ3v) is 2.99. The first kappa shape index (κ1) is 15.3. The van der Waals surface area contributed by atoms with Crippen LogP contribution in [-0.4, -0.2) is 39.3 Å². The second kappa shape index (κ2) is 6.99. The van der Waals surface area contributed by atoms with Crippen LogP contribution in [0.15, 0.2) is 18.2 Å². The van der Waals surface area contributed by atoms with Gasteiger partial charge in [-0.25, -0.2) is 0 Å². The molecule has 0 aliphatic rings. The summed E-state index contributed by atoms with van der Waals surface area (Å²) in [5.41, 5.74) is 8.17. The molecule has 0 fully saturated rings. The van der Waals surface area contributed by atoms with Crippen molar-refractivity contribution in [2.75, 3.05) is 37.9 Å². The number of ether oxygens (including phenoxy) is 1. The van der Waals surface area contributed by atoms with Gasteiger partial charge < -0.3 is 20.7 Å². The number of anilines is 2. The van der Waals surface area contributed by atoms with Crippen molar-refractivity contribution in [3.05, 3.63) is 23.8 Å². The maximum Gasteiger partial charge on any atom is 0.251 e. The molecule has 0 radical (unpaired) electrons. The number of rotatable bonds is 6. The van der Waals surface area contributed by atoms with Gasteiger partial charge in [-0.3, -0.25) is 4.79 Å². The lowest BCUT2D eigenvalue weighted by Gasteiger charge is -2.30. The van der Waals surface area contributed by atoms with Gasteiger partial charge in [-0.1, -0.05) is 0 Å². The first-order valence-electron chi connectivity index (χ1n) is 6.38. The Bertz CT molecular complexity index is 433. The number of nitrogens with two attached hydrogens (primary N) is 1. The maximum absolute atomic E-state index is 11.7. The summed E-state index contributed by atoms with van der Waals surface area (Å²) >= 11 is 0. The number of nitrogen functional groups attached to an aromatic ring is 1. The second-order valence-corrected chi connectivity index (χ2v) is 4.63. The lowest BCUT2D eigenvalue weighted by atomic mass is 10.1. The van der Waals surface area contributed by atoms with Gasteiger partial charge in [0.15, 0.2) is 0 Å². The Hall–Kier alpha value is -1.75. The van der Waals surface area contributed by atoms with Gasteiger partial charge in [0.2, 0.25) is 0 Å². The second-order valence-electron chi connectivity index (χ2n) is 4.63. The Morgan fingerprint density at radius 3 is 2.68 bits per heavy atom. The molecule has 0 heterocycles. The van der Waals surface area contributed by atoms with Crippen molar-refractivity contribution in [3.63, 3.8) is 0 Å². The van der Waals surface area contributed by atoms with E-state index in [1.165, 1.54) is 0 Å². The van der Waals surface area contributed by atoms with Gasteiger partial charge in [0.1, 0.15) is 0 Å². The first-order chi connectivity index (χ1) is 9.01. The molecule has 0 atom stereocenters. The number of hydrogen-bond acceptors (Lipinski definition) is 4. The van der Waals surface area contributed by atoms with E-state index in [0.717, 1.165) is 12.2 Å². The zero-order valence-electron chi connectivity index (χ0n) is 12.1. The molecule has 0 unspecified atom stereocenters. The van der Waals surface area contributed by atoms with E-state index in [0.29, 0.717) is 17.9 Å². The molecule has 0 aliphatic carbocycles. The Labute approximate surface area is 114 Å². The molecule has 0 saturated heterocycles. The zero-order chi connectivity index (χ0) is 14.4. The largest absolute Gasteiger partial charge is 0.397 e. The summed E-state index contributed by atoms with van der Waals surface area (Å²) in [6, 6.07) is 5.59. The highest BCUT2D eigenvalue weighted by molar-refractivity contribution is 5.96. The van der Waals surface area contributed by atoms with E-state index < -0.39 is 0 Å². The summed E-state index contributed by atoms with van der Waals surface area (Å²) in [4.78, 5) is 13.8. The Balaban J connectivity index is 3.10. The lowest BCUT2D eigenvalue weighted by molar-refractivity contribution is 0.0963. The first-order valence-corrected chi connectivity index (χ1v) is 6.38. The van der Waals surface area contributed by atoms with Crippen molar-refractivity contribution in [1.82, 2.24) is 5.32 Å². The number of nitrogens with one attached hydrogen (secondary N) is 1. The number of carbonyl (C=O) groups is 1. The van der Waals surface area contributed by atoms with Crippen LogP contribution in [0.5, 0.6) is 0 Å². The Morgan fingerprint density at radius 2 is 2.16 bits per heavy atom. The summed E-state index contributed by atoms with van der Waals surface area (Å²) < 4.78 is 5.12. The van der Waals surface area contributed by atoms with Gasteiger partial charge in [0.05, 0.1) is 18.0 Å². The van der Waals surface area contributed by atoms with Gasteiger partial charge in [-0.2, -0.15) is 0 Å². The van der Waals surface area contributed by atoms with Gasteiger partial charge in [-0.15, -0.1) is 0 Å². The molecule has 1 aromatic rings. The van der Waals surface area contributed by atoms with Gasteiger partial charge in [-0.05, 0) is 32.0 Å².